The van der Waals surface area contributed by atoms with Crippen molar-refractivity contribution in [2.24, 2.45) is 0 Å². The Hall–Kier alpha value is -3.62. The maximum absolute atomic E-state index is 10.6. The van der Waals surface area contributed by atoms with Crippen molar-refractivity contribution in [1.82, 2.24) is 0 Å². The Bertz CT molecular complexity index is 935. The maximum atomic E-state index is 10.6. The molecule has 0 aliphatic carbocycles. The largest absolute Gasteiger partial charge is 0.508 e. The lowest BCUT2D eigenvalue weighted by atomic mass is 10.2. The summed E-state index contributed by atoms with van der Waals surface area (Å²) in [5, 5.41) is 31.1. The van der Waals surface area contributed by atoms with E-state index in [-0.39, 0.29) is 32.1 Å². The average molecular weight is 470 g/mol. The third-order valence-corrected chi connectivity index (χ3v) is 5.06. The van der Waals surface area contributed by atoms with Crippen LogP contribution in [0.25, 0.3) is 0 Å². The van der Waals surface area contributed by atoms with Crippen molar-refractivity contribution in [3.8, 4) is 28.7 Å². The zero-order chi connectivity index (χ0) is 24.3. The quantitative estimate of drug-likeness (QED) is 0.351. The molecule has 0 saturated heterocycles. The van der Waals surface area contributed by atoms with Crippen LogP contribution >= 0.6 is 0 Å². The van der Waals surface area contributed by atoms with Crippen molar-refractivity contribution in [1.29, 1.82) is 0 Å². The van der Waals surface area contributed by atoms with Crippen LogP contribution in [0.1, 0.15) is 0 Å². The monoisotopic (exact) mass is 469 g/mol. The summed E-state index contributed by atoms with van der Waals surface area (Å²) in [6, 6.07) is 20.8. The number of ether oxygens (including phenoxy) is 4. The molecule has 3 rings (SSSR count). The lowest BCUT2D eigenvalue weighted by molar-refractivity contribution is 0.0954. The molecule has 0 fully saturated rings. The zero-order valence-corrected chi connectivity index (χ0v) is 19.3. The van der Waals surface area contributed by atoms with E-state index in [0.717, 1.165) is 0 Å². The molecule has 2 atom stereocenters. The molecule has 34 heavy (non-hydrogen) atoms. The standard InChI is InChI=1S/C26H31NO7/c1-31-23-6-10-25(11-7-23)33-17-21(29)15-27(19-4-3-5-20(28)14-19)16-22(30)18-34-26-12-8-24(32-2)9-13-26/h3-14,21-22,28-30H,15-18H2,1-2H3/t21-,22-/m0/s1. The van der Waals surface area contributed by atoms with Crippen molar-refractivity contribution in [3.05, 3.63) is 72.8 Å². The van der Waals surface area contributed by atoms with Gasteiger partial charge in [0.2, 0.25) is 0 Å². The van der Waals surface area contributed by atoms with Crippen molar-refractivity contribution >= 4 is 5.69 Å². The predicted octanol–water partition coefficient (Wildman–Crippen LogP) is 3.10. The number of aliphatic hydroxyl groups is 2. The van der Waals surface area contributed by atoms with E-state index in [2.05, 4.69) is 0 Å². The molecule has 3 aromatic carbocycles. The Morgan fingerprint density at radius 1 is 0.676 bits per heavy atom. The summed E-state index contributed by atoms with van der Waals surface area (Å²) in [5.74, 6) is 2.74. The highest BCUT2D eigenvalue weighted by Gasteiger charge is 2.18. The molecule has 0 aromatic heterocycles. The van der Waals surface area contributed by atoms with Crippen molar-refractivity contribution in [2.75, 3.05) is 45.4 Å². The van der Waals surface area contributed by atoms with Gasteiger partial charge in [-0.1, -0.05) is 6.07 Å². The second-order valence-corrected chi connectivity index (χ2v) is 7.71. The lowest BCUT2D eigenvalue weighted by Gasteiger charge is -2.29. The molecule has 8 nitrogen and oxygen atoms in total. The van der Waals surface area contributed by atoms with E-state index in [1.54, 1.807) is 91.9 Å². The van der Waals surface area contributed by atoms with Gasteiger partial charge in [0, 0.05) is 24.8 Å². The summed E-state index contributed by atoms with van der Waals surface area (Å²) in [6.45, 7) is 0.471. The first-order valence-corrected chi connectivity index (χ1v) is 10.9. The molecule has 3 aromatic rings. The van der Waals surface area contributed by atoms with Crippen LogP contribution in [-0.2, 0) is 0 Å². The van der Waals surface area contributed by atoms with Gasteiger partial charge >= 0.3 is 0 Å². The third kappa shape index (κ3) is 7.75. The number of aromatic hydroxyl groups is 1. The van der Waals surface area contributed by atoms with Gasteiger partial charge in [-0.25, -0.2) is 0 Å². The number of phenolic OH excluding ortho intramolecular Hbond substituents is 1. The number of rotatable bonds is 13. The van der Waals surface area contributed by atoms with Crippen LogP contribution in [0, 0.1) is 0 Å². The van der Waals surface area contributed by atoms with Gasteiger partial charge in [-0.05, 0) is 60.7 Å². The number of nitrogens with zero attached hydrogens (tertiary/aromatic N) is 1. The number of phenols is 1. The number of hydrogen-bond acceptors (Lipinski definition) is 8. The van der Waals surface area contributed by atoms with Gasteiger partial charge in [0.1, 0.15) is 54.2 Å². The van der Waals surface area contributed by atoms with Gasteiger partial charge in [-0.3, -0.25) is 0 Å². The van der Waals surface area contributed by atoms with E-state index in [4.69, 9.17) is 18.9 Å². The minimum atomic E-state index is -0.848. The predicted molar refractivity (Wildman–Crippen MR) is 129 cm³/mol. The summed E-state index contributed by atoms with van der Waals surface area (Å²) in [4.78, 5) is 1.78. The van der Waals surface area contributed by atoms with Crippen LogP contribution in [0.4, 0.5) is 5.69 Å². The summed E-state index contributed by atoms with van der Waals surface area (Å²) in [6.07, 6.45) is -1.70. The van der Waals surface area contributed by atoms with E-state index < -0.39 is 12.2 Å². The minimum absolute atomic E-state index is 0.0556. The van der Waals surface area contributed by atoms with Gasteiger partial charge in [0.15, 0.2) is 0 Å². The van der Waals surface area contributed by atoms with E-state index in [0.29, 0.717) is 28.7 Å². The fourth-order valence-corrected chi connectivity index (χ4v) is 3.32. The van der Waals surface area contributed by atoms with E-state index in [9.17, 15) is 15.3 Å². The van der Waals surface area contributed by atoms with Crippen LogP contribution in [-0.4, -0.2) is 68.1 Å². The molecule has 0 aliphatic rings. The summed E-state index contributed by atoms with van der Waals surface area (Å²) in [5.41, 5.74) is 0.659. The van der Waals surface area contributed by atoms with Gasteiger partial charge in [-0.2, -0.15) is 0 Å². The molecule has 3 N–H and O–H groups in total. The zero-order valence-electron chi connectivity index (χ0n) is 19.3. The van der Waals surface area contributed by atoms with Crippen LogP contribution < -0.4 is 23.8 Å². The molecule has 0 radical (unpaired) electrons. The fraction of sp³-hybridized carbons (Fsp3) is 0.308. The number of methoxy groups -OCH3 is 2. The van der Waals surface area contributed by atoms with Crippen LogP contribution in [0.5, 0.6) is 28.7 Å². The molecular formula is C26H31NO7. The normalized spacial score (nSPS) is 12.5. The average Bonchev–Trinajstić information content (AvgIpc) is 2.86. The Morgan fingerprint density at radius 3 is 1.53 bits per heavy atom. The maximum Gasteiger partial charge on any atom is 0.119 e. The van der Waals surface area contributed by atoms with E-state index in [1.165, 1.54) is 0 Å². The first-order valence-electron chi connectivity index (χ1n) is 10.9. The van der Waals surface area contributed by atoms with Gasteiger partial charge in [0.05, 0.1) is 14.2 Å². The van der Waals surface area contributed by atoms with Gasteiger partial charge in [-0.15, -0.1) is 0 Å². The van der Waals surface area contributed by atoms with E-state index in [1.807, 2.05) is 0 Å². The highest BCUT2D eigenvalue weighted by molar-refractivity contribution is 5.50. The van der Waals surface area contributed by atoms with Gasteiger partial charge in [0.25, 0.3) is 0 Å². The van der Waals surface area contributed by atoms with Crippen LogP contribution in [0.15, 0.2) is 72.8 Å². The molecule has 0 amide bonds. The second-order valence-electron chi connectivity index (χ2n) is 7.71. The molecule has 182 valence electrons. The highest BCUT2D eigenvalue weighted by Crippen LogP contribution is 2.22. The molecule has 0 saturated carbocycles. The second kappa shape index (κ2) is 12.6. The Balaban J connectivity index is 1.58. The Labute approximate surface area is 199 Å². The number of aliphatic hydroxyl groups excluding tert-OH is 2. The molecule has 0 heterocycles. The van der Waals surface area contributed by atoms with Crippen molar-refractivity contribution in [3.63, 3.8) is 0 Å². The van der Waals surface area contributed by atoms with E-state index >= 15 is 0 Å². The van der Waals surface area contributed by atoms with Crippen LogP contribution in [0.3, 0.4) is 0 Å². The van der Waals surface area contributed by atoms with Crippen LogP contribution in [0.2, 0.25) is 0 Å². The first-order chi connectivity index (χ1) is 16.5. The molecule has 0 aliphatic heterocycles. The number of hydrogen-bond donors (Lipinski definition) is 3. The molecule has 0 unspecified atom stereocenters. The molecule has 0 bridgehead atoms. The Kier molecular flexibility index (Phi) is 9.25. The Morgan fingerprint density at radius 2 is 1.12 bits per heavy atom. The molecule has 8 heteroatoms. The first kappa shape index (κ1) is 25.0. The third-order valence-electron chi connectivity index (χ3n) is 5.06. The summed E-state index contributed by atoms with van der Waals surface area (Å²) >= 11 is 0. The summed E-state index contributed by atoms with van der Waals surface area (Å²) < 4.78 is 21.6. The van der Waals surface area contributed by atoms with Crippen molar-refractivity contribution < 1.29 is 34.3 Å². The summed E-state index contributed by atoms with van der Waals surface area (Å²) in [7, 11) is 3.18. The van der Waals surface area contributed by atoms with Crippen molar-refractivity contribution in [2.45, 2.75) is 12.2 Å². The minimum Gasteiger partial charge on any atom is -0.508 e. The topological polar surface area (TPSA) is 101 Å². The smallest absolute Gasteiger partial charge is 0.119 e. The fourth-order valence-electron chi connectivity index (χ4n) is 3.32. The molecular weight excluding hydrogens is 438 g/mol. The lowest BCUT2D eigenvalue weighted by Crippen LogP contribution is -2.41. The molecule has 0 spiro atoms. The highest BCUT2D eigenvalue weighted by atomic mass is 16.5. The number of anilines is 1. The van der Waals surface area contributed by atoms with Gasteiger partial charge < -0.3 is 39.2 Å². The SMILES string of the molecule is COc1ccc(OC[C@@H](O)CN(C[C@H](O)COc2ccc(OC)cc2)c2cccc(O)c2)cc1. The number of benzene rings is 3.